The van der Waals surface area contributed by atoms with Gasteiger partial charge in [-0.05, 0) is 18.9 Å². The Bertz CT molecular complexity index is 536. The van der Waals surface area contributed by atoms with Gasteiger partial charge in [0.1, 0.15) is 0 Å². The number of thiazole rings is 1. The van der Waals surface area contributed by atoms with Crippen LogP contribution in [0.25, 0.3) is 0 Å². The molecule has 1 atom stereocenters. The molecular weight excluding hydrogens is 256 g/mol. The van der Waals surface area contributed by atoms with Crippen LogP contribution in [0.5, 0.6) is 0 Å². The van der Waals surface area contributed by atoms with Crippen LogP contribution in [0, 0.1) is 6.92 Å². The maximum absolute atomic E-state index is 12.4. The van der Waals surface area contributed by atoms with Gasteiger partial charge in [0.25, 0.3) is 0 Å². The highest BCUT2D eigenvalue weighted by atomic mass is 32.1. The molecule has 1 heterocycles. The SMILES string of the molecule is CCCC(C(=O)Nc1nc(C)cs1)c1ccccc1. The van der Waals surface area contributed by atoms with Crippen LogP contribution in [0.2, 0.25) is 0 Å². The molecule has 3 nitrogen and oxygen atoms in total. The summed E-state index contributed by atoms with van der Waals surface area (Å²) < 4.78 is 0. The van der Waals surface area contributed by atoms with Crippen LogP contribution >= 0.6 is 11.3 Å². The van der Waals surface area contributed by atoms with Gasteiger partial charge in [-0.15, -0.1) is 11.3 Å². The topological polar surface area (TPSA) is 42.0 Å². The average molecular weight is 274 g/mol. The first-order valence-corrected chi connectivity index (χ1v) is 7.36. The van der Waals surface area contributed by atoms with Crippen molar-refractivity contribution in [2.45, 2.75) is 32.6 Å². The Morgan fingerprint density at radius 2 is 2.11 bits per heavy atom. The van der Waals surface area contributed by atoms with Crippen LogP contribution in [-0.2, 0) is 4.79 Å². The lowest BCUT2D eigenvalue weighted by Crippen LogP contribution is -2.21. The van der Waals surface area contributed by atoms with E-state index in [0.717, 1.165) is 24.1 Å². The number of anilines is 1. The molecule has 1 aromatic heterocycles. The fourth-order valence-electron chi connectivity index (χ4n) is 2.03. The molecule has 0 bridgehead atoms. The monoisotopic (exact) mass is 274 g/mol. The molecular formula is C15H18N2OS. The fraction of sp³-hybridized carbons (Fsp3) is 0.333. The number of aromatic nitrogens is 1. The van der Waals surface area contributed by atoms with Crippen molar-refractivity contribution in [1.29, 1.82) is 0 Å². The van der Waals surface area contributed by atoms with E-state index in [2.05, 4.69) is 17.2 Å². The standard InChI is InChI=1S/C15H18N2OS/c1-3-7-13(12-8-5-4-6-9-12)14(18)17-15-16-11(2)10-19-15/h4-6,8-10,13H,3,7H2,1-2H3,(H,16,17,18). The summed E-state index contributed by atoms with van der Waals surface area (Å²) in [5.74, 6) is -0.0715. The molecule has 1 amide bonds. The van der Waals surface area contributed by atoms with Gasteiger partial charge < -0.3 is 5.32 Å². The van der Waals surface area contributed by atoms with Crippen molar-refractivity contribution >= 4 is 22.4 Å². The first-order valence-electron chi connectivity index (χ1n) is 6.48. The second-order valence-electron chi connectivity index (χ2n) is 4.54. The molecule has 2 rings (SSSR count). The van der Waals surface area contributed by atoms with Crippen LogP contribution in [-0.4, -0.2) is 10.9 Å². The summed E-state index contributed by atoms with van der Waals surface area (Å²) in [5, 5.41) is 5.53. The largest absolute Gasteiger partial charge is 0.301 e. The molecule has 0 aliphatic heterocycles. The molecule has 0 fully saturated rings. The zero-order valence-electron chi connectivity index (χ0n) is 11.2. The first kappa shape index (κ1) is 13.7. The molecule has 4 heteroatoms. The highest BCUT2D eigenvalue weighted by Crippen LogP contribution is 2.24. The molecule has 2 aromatic rings. The highest BCUT2D eigenvalue weighted by molar-refractivity contribution is 7.13. The van der Waals surface area contributed by atoms with Crippen LogP contribution in [0.1, 0.15) is 36.9 Å². The van der Waals surface area contributed by atoms with Gasteiger partial charge in [0.05, 0.1) is 11.6 Å². The van der Waals surface area contributed by atoms with E-state index in [9.17, 15) is 4.79 Å². The molecule has 1 aromatic carbocycles. The number of carbonyl (C=O) groups is 1. The smallest absolute Gasteiger partial charge is 0.233 e. The molecule has 0 spiro atoms. The number of hydrogen-bond donors (Lipinski definition) is 1. The van der Waals surface area contributed by atoms with Crippen LogP contribution in [0.3, 0.4) is 0 Å². The molecule has 1 unspecified atom stereocenters. The summed E-state index contributed by atoms with van der Waals surface area (Å²) >= 11 is 1.47. The lowest BCUT2D eigenvalue weighted by molar-refractivity contribution is -0.117. The van der Waals surface area contributed by atoms with Gasteiger partial charge in [0, 0.05) is 5.38 Å². The summed E-state index contributed by atoms with van der Waals surface area (Å²) in [5.41, 5.74) is 2.00. The van der Waals surface area contributed by atoms with Crippen LogP contribution in [0.15, 0.2) is 35.7 Å². The van der Waals surface area contributed by atoms with Crippen molar-refractivity contribution in [3.8, 4) is 0 Å². The minimum atomic E-state index is -0.101. The normalized spacial score (nSPS) is 12.1. The number of amides is 1. The number of nitrogens with one attached hydrogen (secondary N) is 1. The van der Waals surface area contributed by atoms with Gasteiger partial charge in [-0.2, -0.15) is 0 Å². The quantitative estimate of drug-likeness (QED) is 0.896. The van der Waals surface area contributed by atoms with Crippen molar-refractivity contribution in [3.05, 3.63) is 47.0 Å². The Hall–Kier alpha value is -1.68. The van der Waals surface area contributed by atoms with Crippen molar-refractivity contribution in [2.75, 3.05) is 5.32 Å². The van der Waals surface area contributed by atoms with Crippen molar-refractivity contribution < 1.29 is 4.79 Å². The Balaban J connectivity index is 2.13. The molecule has 100 valence electrons. The van der Waals surface area contributed by atoms with E-state index in [1.807, 2.05) is 42.6 Å². The molecule has 0 aliphatic rings. The maximum atomic E-state index is 12.4. The highest BCUT2D eigenvalue weighted by Gasteiger charge is 2.20. The third kappa shape index (κ3) is 3.64. The van der Waals surface area contributed by atoms with Crippen LogP contribution < -0.4 is 5.32 Å². The molecule has 19 heavy (non-hydrogen) atoms. The number of aryl methyl sites for hydroxylation is 1. The summed E-state index contributed by atoms with van der Waals surface area (Å²) in [7, 11) is 0. The van der Waals surface area contributed by atoms with E-state index in [1.54, 1.807) is 0 Å². The molecule has 0 aliphatic carbocycles. The van der Waals surface area contributed by atoms with Gasteiger partial charge in [0.15, 0.2) is 5.13 Å². The Kier molecular flexibility index (Phi) is 4.68. The second-order valence-corrected chi connectivity index (χ2v) is 5.39. The number of benzene rings is 1. The Morgan fingerprint density at radius 1 is 1.37 bits per heavy atom. The zero-order valence-corrected chi connectivity index (χ0v) is 12.0. The van der Waals surface area contributed by atoms with E-state index >= 15 is 0 Å². The van der Waals surface area contributed by atoms with E-state index in [0.29, 0.717) is 5.13 Å². The van der Waals surface area contributed by atoms with Crippen molar-refractivity contribution in [2.24, 2.45) is 0 Å². The summed E-state index contributed by atoms with van der Waals surface area (Å²) in [6.07, 6.45) is 1.82. The Labute approximate surface area is 117 Å². The predicted molar refractivity (Wildman–Crippen MR) is 79.6 cm³/mol. The van der Waals surface area contributed by atoms with Crippen molar-refractivity contribution in [3.63, 3.8) is 0 Å². The van der Waals surface area contributed by atoms with Gasteiger partial charge in [-0.1, -0.05) is 43.7 Å². The summed E-state index contributed by atoms with van der Waals surface area (Å²) in [6, 6.07) is 9.92. The molecule has 1 N–H and O–H groups in total. The van der Waals surface area contributed by atoms with E-state index < -0.39 is 0 Å². The summed E-state index contributed by atoms with van der Waals surface area (Å²) in [6.45, 7) is 4.02. The minimum Gasteiger partial charge on any atom is -0.301 e. The summed E-state index contributed by atoms with van der Waals surface area (Å²) in [4.78, 5) is 16.6. The van der Waals surface area contributed by atoms with Gasteiger partial charge in [-0.3, -0.25) is 4.79 Å². The third-order valence-electron chi connectivity index (χ3n) is 2.94. The number of nitrogens with zero attached hydrogens (tertiary/aromatic N) is 1. The number of rotatable bonds is 5. The third-order valence-corrected chi connectivity index (χ3v) is 3.82. The molecule has 0 radical (unpaired) electrons. The van der Waals surface area contributed by atoms with Gasteiger partial charge >= 0.3 is 0 Å². The van der Waals surface area contributed by atoms with Crippen molar-refractivity contribution in [1.82, 2.24) is 4.98 Å². The number of hydrogen-bond acceptors (Lipinski definition) is 3. The number of carbonyl (C=O) groups excluding carboxylic acids is 1. The van der Waals surface area contributed by atoms with E-state index in [-0.39, 0.29) is 11.8 Å². The average Bonchev–Trinajstić information content (AvgIpc) is 2.82. The Morgan fingerprint density at radius 3 is 2.68 bits per heavy atom. The molecule has 0 saturated heterocycles. The van der Waals surface area contributed by atoms with Gasteiger partial charge in [0.2, 0.25) is 5.91 Å². The zero-order chi connectivity index (χ0) is 13.7. The van der Waals surface area contributed by atoms with Gasteiger partial charge in [-0.25, -0.2) is 4.98 Å². The maximum Gasteiger partial charge on any atom is 0.233 e. The van der Waals surface area contributed by atoms with E-state index in [1.165, 1.54) is 11.3 Å². The molecule has 0 saturated carbocycles. The fourth-order valence-corrected chi connectivity index (χ4v) is 2.72. The van der Waals surface area contributed by atoms with E-state index in [4.69, 9.17) is 0 Å². The predicted octanol–water partition coefficient (Wildman–Crippen LogP) is 3.97. The lowest BCUT2D eigenvalue weighted by atomic mass is 9.94. The second kappa shape index (κ2) is 6.48. The van der Waals surface area contributed by atoms with Crippen LogP contribution in [0.4, 0.5) is 5.13 Å². The minimum absolute atomic E-state index is 0.0300. The first-order chi connectivity index (χ1) is 9.20. The lowest BCUT2D eigenvalue weighted by Gasteiger charge is -2.15.